The van der Waals surface area contributed by atoms with Crippen molar-refractivity contribution in [3.05, 3.63) is 18.0 Å². The fourth-order valence-corrected chi connectivity index (χ4v) is 2.89. The number of rotatable bonds is 5. The molecule has 1 aromatic heterocycles. The van der Waals surface area contributed by atoms with Crippen molar-refractivity contribution in [1.29, 1.82) is 0 Å². The van der Waals surface area contributed by atoms with Gasteiger partial charge in [-0.3, -0.25) is 14.8 Å². The third-order valence-electron chi connectivity index (χ3n) is 4.10. The van der Waals surface area contributed by atoms with Crippen molar-refractivity contribution in [2.75, 3.05) is 19.6 Å². The van der Waals surface area contributed by atoms with E-state index in [1.54, 1.807) is 12.3 Å². The minimum Gasteiger partial charge on any atom is -0.349 e. The number of likely N-dealkylation sites (tertiary alicyclic amines) is 1. The summed E-state index contributed by atoms with van der Waals surface area (Å²) < 4.78 is 0. The number of carbonyl (C=O) groups is 1. The van der Waals surface area contributed by atoms with Gasteiger partial charge >= 0.3 is 0 Å². The third kappa shape index (κ3) is 4.07. The Morgan fingerprint density at radius 1 is 1.35 bits per heavy atom. The maximum Gasteiger partial charge on any atom is 0.269 e. The summed E-state index contributed by atoms with van der Waals surface area (Å²) in [5, 5.41) is 9.55. The first kappa shape index (κ1) is 15.0. The van der Waals surface area contributed by atoms with Crippen molar-refractivity contribution in [3.8, 4) is 0 Å². The molecule has 1 fully saturated rings. The van der Waals surface area contributed by atoms with Gasteiger partial charge in [-0.15, -0.1) is 0 Å². The molecule has 0 saturated carbocycles. The quantitative estimate of drug-likeness (QED) is 0.866. The second kappa shape index (κ2) is 7.43. The second-order valence-electron chi connectivity index (χ2n) is 5.94. The standard InChI is InChI=1S/C15H26N4O/c1-12(2)14(19-9-5-3-4-6-10-19)11-16-15(20)13-7-8-17-18-13/h7-8,12,14H,3-6,9-11H2,1-2H3,(H,16,20)(H,17,18)/t14-/m1/s1. The largest absolute Gasteiger partial charge is 0.349 e. The molecule has 1 aromatic rings. The van der Waals surface area contributed by atoms with Gasteiger partial charge in [-0.1, -0.05) is 26.7 Å². The fraction of sp³-hybridized carbons (Fsp3) is 0.733. The summed E-state index contributed by atoms with van der Waals surface area (Å²) in [4.78, 5) is 14.5. The van der Waals surface area contributed by atoms with Crippen LogP contribution in [0.3, 0.4) is 0 Å². The highest BCUT2D eigenvalue weighted by molar-refractivity contribution is 5.92. The Hall–Kier alpha value is -1.36. The maximum atomic E-state index is 12.0. The predicted molar refractivity (Wildman–Crippen MR) is 79.6 cm³/mol. The Bertz CT molecular complexity index is 394. The summed E-state index contributed by atoms with van der Waals surface area (Å²) in [6.07, 6.45) is 6.82. The molecule has 2 rings (SSSR count). The van der Waals surface area contributed by atoms with E-state index in [9.17, 15) is 4.79 Å². The molecule has 0 spiro atoms. The van der Waals surface area contributed by atoms with Gasteiger partial charge in [0.1, 0.15) is 5.69 Å². The normalized spacial score (nSPS) is 18.8. The molecule has 1 aliphatic heterocycles. The number of hydrogen-bond donors (Lipinski definition) is 2. The molecule has 112 valence electrons. The van der Waals surface area contributed by atoms with Crippen molar-refractivity contribution in [2.45, 2.75) is 45.6 Å². The van der Waals surface area contributed by atoms with Gasteiger partial charge < -0.3 is 5.32 Å². The molecular weight excluding hydrogens is 252 g/mol. The predicted octanol–water partition coefficient (Wildman–Crippen LogP) is 2.04. The van der Waals surface area contributed by atoms with Crippen molar-refractivity contribution < 1.29 is 4.79 Å². The lowest BCUT2D eigenvalue weighted by molar-refractivity contribution is 0.0912. The van der Waals surface area contributed by atoms with Crippen LogP contribution in [0.4, 0.5) is 0 Å². The minimum atomic E-state index is -0.0667. The summed E-state index contributed by atoms with van der Waals surface area (Å²) in [5.41, 5.74) is 0.531. The average Bonchev–Trinajstić information content (AvgIpc) is 2.83. The molecule has 1 amide bonds. The van der Waals surface area contributed by atoms with Crippen LogP contribution < -0.4 is 5.32 Å². The van der Waals surface area contributed by atoms with Gasteiger partial charge in [0.25, 0.3) is 5.91 Å². The van der Waals surface area contributed by atoms with E-state index in [2.05, 4.69) is 34.3 Å². The zero-order chi connectivity index (χ0) is 14.4. The zero-order valence-corrected chi connectivity index (χ0v) is 12.6. The number of hydrogen-bond acceptors (Lipinski definition) is 3. The fourth-order valence-electron chi connectivity index (χ4n) is 2.89. The first-order chi connectivity index (χ1) is 9.68. The van der Waals surface area contributed by atoms with Crippen molar-refractivity contribution >= 4 is 5.91 Å². The van der Waals surface area contributed by atoms with Crippen LogP contribution in [-0.4, -0.2) is 46.7 Å². The number of carbonyl (C=O) groups excluding carboxylic acids is 1. The van der Waals surface area contributed by atoms with E-state index in [0.717, 1.165) is 13.1 Å². The smallest absolute Gasteiger partial charge is 0.269 e. The summed E-state index contributed by atoms with van der Waals surface area (Å²) in [6, 6.07) is 2.12. The van der Waals surface area contributed by atoms with Gasteiger partial charge in [0.2, 0.25) is 0 Å². The average molecular weight is 278 g/mol. The highest BCUT2D eigenvalue weighted by atomic mass is 16.1. The lowest BCUT2D eigenvalue weighted by atomic mass is 10.0. The highest BCUT2D eigenvalue weighted by Crippen LogP contribution is 2.17. The van der Waals surface area contributed by atoms with E-state index in [1.807, 2.05) is 0 Å². The molecule has 5 nitrogen and oxygen atoms in total. The molecule has 0 aromatic carbocycles. The number of amides is 1. The van der Waals surface area contributed by atoms with Crippen LogP contribution in [0.15, 0.2) is 12.3 Å². The van der Waals surface area contributed by atoms with E-state index in [-0.39, 0.29) is 5.91 Å². The summed E-state index contributed by atoms with van der Waals surface area (Å²) in [6.45, 7) is 7.48. The maximum absolute atomic E-state index is 12.0. The van der Waals surface area contributed by atoms with Gasteiger partial charge in [0.15, 0.2) is 0 Å². The molecule has 2 N–H and O–H groups in total. The molecule has 1 aliphatic rings. The highest BCUT2D eigenvalue weighted by Gasteiger charge is 2.23. The Morgan fingerprint density at radius 2 is 2.05 bits per heavy atom. The van der Waals surface area contributed by atoms with Gasteiger partial charge in [-0.25, -0.2) is 0 Å². The van der Waals surface area contributed by atoms with Gasteiger partial charge in [-0.05, 0) is 37.9 Å². The first-order valence-corrected chi connectivity index (χ1v) is 7.70. The monoisotopic (exact) mass is 278 g/mol. The molecule has 0 unspecified atom stereocenters. The second-order valence-corrected chi connectivity index (χ2v) is 5.94. The number of nitrogens with zero attached hydrogens (tertiary/aromatic N) is 2. The Labute approximate surface area is 121 Å². The van der Waals surface area contributed by atoms with Crippen LogP contribution in [0.2, 0.25) is 0 Å². The van der Waals surface area contributed by atoms with Crippen molar-refractivity contribution in [2.24, 2.45) is 5.92 Å². The van der Waals surface area contributed by atoms with Crippen LogP contribution in [0, 0.1) is 5.92 Å². The lowest BCUT2D eigenvalue weighted by Crippen LogP contribution is -2.47. The van der Waals surface area contributed by atoms with Gasteiger partial charge in [0, 0.05) is 18.8 Å². The van der Waals surface area contributed by atoms with Crippen molar-refractivity contribution in [1.82, 2.24) is 20.4 Å². The summed E-state index contributed by atoms with van der Waals surface area (Å²) >= 11 is 0. The van der Waals surface area contributed by atoms with E-state index in [0.29, 0.717) is 24.2 Å². The summed E-state index contributed by atoms with van der Waals surface area (Å²) in [7, 11) is 0. The van der Waals surface area contributed by atoms with Crippen LogP contribution in [0.1, 0.15) is 50.0 Å². The Balaban J connectivity index is 1.90. The first-order valence-electron chi connectivity index (χ1n) is 7.70. The van der Waals surface area contributed by atoms with E-state index in [4.69, 9.17) is 0 Å². The third-order valence-corrected chi connectivity index (χ3v) is 4.10. The van der Waals surface area contributed by atoms with Gasteiger partial charge in [0.05, 0.1) is 0 Å². The Morgan fingerprint density at radius 3 is 2.60 bits per heavy atom. The molecule has 2 heterocycles. The van der Waals surface area contributed by atoms with E-state index in [1.165, 1.54) is 25.7 Å². The van der Waals surface area contributed by atoms with Crippen LogP contribution in [0.5, 0.6) is 0 Å². The Kier molecular flexibility index (Phi) is 5.59. The lowest BCUT2D eigenvalue weighted by Gasteiger charge is -2.33. The van der Waals surface area contributed by atoms with Crippen LogP contribution in [0.25, 0.3) is 0 Å². The number of nitrogens with one attached hydrogen (secondary N) is 2. The number of H-pyrrole nitrogens is 1. The number of aromatic amines is 1. The molecule has 5 heteroatoms. The van der Waals surface area contributed by atoms with Crippen LogP contribution >= 0.6 is 0 Å². The van der Waals surface area contributed by atoms with Crippen molar-refractivity contribution in [3.63, 3.8) is 0 Å². The SMILES string of the molecule is CC(C)[C@@H](CNC(=O)c1ccn[nH]1)N1CCCCCC1. The van der Waals surface area contributed by atoms with Gasteiger partial charge in [-0.2, -0.15) is 5.10 Å². The topological polar surface area (TPSA) is 61.0 Å². The molecular formula is C15H26N4O. The molecule has 20 heavy (non-hydrogen) atoms. The molecule has 0 bridgehead atoms. The molecule has 1 saturated heterocycles. The molecule has 0 aliphatic carbocycles. The zero-order valence-electron chi connectivity index (χ0n) is 12.6. The minimum absolute atomic E-state index is 0.0667. The number of aromatic nitrogens is 2. The molecule has 0 radical (unpaired) electrons. The summed E-state index contributed by atoms with van der Waals surface area (Å²) in [5.74, 6) is 0.470. The van der Waals surface area contributed by atoms with E-state index < -0.39 is 0 Å². The molecule has 1 atom stereocenters. The van der Waals surface area contributed by atoms with E-state index >= 15 is 0 Å². The van der Waals surface area contributed by atoms with Crippen LogP contribution in [-0.2, 0) is 0 Å².